The van der Waals surface area contributed by atoms with Crippen molar-refractivity contribution in [3.05, 3.63) is 41.4 Å². The lowest BCUT2D eigenvalue weighted by Gasteiger charge is -2.34. The molecule has 1 aromatic heterocycles. The zero-order valence-corrected chi connectivity index (χ0v) is 13.1. The van der Waals surface area contributed by atoms with Crippen molar-refractivity contribution in [1.82, 2.24) is 25.0 Å². The fraction of sp³-hybridized carbons (Fsp3) is 0.400. The molecule has 0 amide bonds. The van der Waals surface area contributed by atoms with Crippen LogP contribution in [0.2, 0.25) is 5.02 Å². The van der Waals surface area contributed by atoms with Gasteiger partial charge in [0.15, 0.2) is 5.82 Å². The van der Waals surface area contributed by atoms with E-state index in [1.165, 1.54) is 0 Å². The van der Waals surface area contributed by atoms with Crippen molar-refractivity contribution >= 4 is 17.9 Å². The zero-order valence-electron chi connectivity index (χ0n) is 12.3. The summed E-state index contributed by atoms with van der Waals surface area (Å²) >= 11 is 6.00. The van der Waals surface area contributed by atoms with Crippen LogP contribution in [-0.2, 0) is 4.79 Å². The molecule has 2 atom stereocenters. The molecule has 1 aliphatic heterocycles. The van der Waals surface area contributed by atoms with Crippen molar-refractivity contribution in [2.45, 2.75) is 19.0 Å². The van der Waals surface area contributed by atoms with E-state index in [2.05, 4.69) is 27.2 Å². The third-order valence-electron chi connectivity index (χ3n) is 3.77. The Morgan fingerprint density at radius 1 is 1.50 bits per heavy atom. The first-order valence-electron chi connectivity index (χ1n) is 7.27. The van der Waals surface area contributed by atoms with Crippen molar-refractivity contribution in [2.75, 3.05) is 19.6 Å². The van der Waals surface area contributed by atoms with E-state index in [9.17, 15) is 4.79 Å². The third kappa shape index (κ3) is 3.19. The van der Waals surface area contributed by atoms with Gasteiger partial charge in [0.25, 0.3) is 0 Å². The summed E-state index contributed by atoms with van der Waals surface area (Å²) in [6.07, 6.45) is 2.53. The molecule has 7 heteroatoms. The number of benzene rings is 1. The van der Waals surface area contributed by atoms with Crippen molar-refractivity contribution in [3.63, 3.8) is 0 Å². The van der Waals surface area contributed by atoms with E-state index in [1.54, 1.807) is 17.1 Å². The van der Waals surface area contributed by atoms with Crippen molar-refractivity contribution < 1.29 is 4.79 Å². The summed E-state index contributed by atoms with van der Waals surface area (Å²) in [6.45, 7) is 4.57. The van der Waals surface area contributed by atoms with Crippen LogP contribution in [0.1, 0.15) is 18.8 Å². The molecule has 0 saturated carbocycles. The third-order valence-corrected chi connectivity index (χ3v) is 4.00. The largest absolute Gasteiger partial charge is 0.312 e. The molecule has 2 unspecified atom stereocenters. The summed E-state index contributed by atoms with van der Waals surface area (Å²) in [6, 6.07) is 7.31. The Morgan fingerprint density at radius 3 is 3.09 bits per heavy atom. The van der Waals surface area contributed by atoms with E-state index in [-0.39, 0.29) is 0 Å². The normalized spacial score (nSPS) is 20.7. The predicted molar refractivity (Wildman–Crippen MR) is 84.2 cm³/mol. The Hall–Kier alpha value is -1.76. The lowest BCUT2D eigenvalue weighted by Crippen LogP contribution is -2.50. The lowest BCUT2D eigenvalue weighted by molar-refractivity contribution is -0.113. The molecular weight excluding hydrogens is 302 g/mol. The molecule has 1 aromatic carbocycles. The summed E-state index contributed by atoms with van der Waals surface area (Å²) in [7, 11) is 0. The number of hydrogen-bond donors (Lipinski definition) is 1. The summed E-state index contributed by atoms with van der Waals surface area (Å²) in [5.41, 5.74) is 0.824. The molecule has 6 nitrogen and oxygen atoms in total. The molecular formula is C15H18ClN5O. The van der Waals surface area contributed by atoms with E-state index in [4.69, 9.17) is 11.6 Å². The second-order valence-electron chi connectivity index (χ2n) is 5.46. The first kappa shape index (κ1) is 15.1. The molecule has 1 saturated heterocycles. The van der Waals surface area contributed by atoms with Crippen molar-refractivity contribution in [1.29, 1.82) is 0 Å². The number of piperazine rings is 1. The van der Waals surface area contributed by atoms with E-state index in [0.717, 1.165) is 31.6 Å². The van der Waals surface area contributed by atoms with E-state index in [0.29, 0.717) is 16.9 Å². The minimum absolute atomic E-state index is 0.353. The van der Waals surface area contributed by atoms with Gasteiger partial charge in [-0.1, -0.05) is 17.7 Å². The van der Waals surface area contributed by atoms with Crippen LogP contribution in [0.3, 0.4) is 0 Å². The Labute approximate surface area is 134 Å². The number of aromatic nitrogens is 3. The van der Waals surface area contributed by atoms with Crippen LogP contribution >= 0.6 is 11.6 Å². The van der Waals surface area contributed by atoms with Crippen LogP contribution in [0, 0.1) is 0 Å². The monoisotopic (exact) mass is 319 g/mol. The maximum atomic E-state index is 11.5. The highest BCUT2D eigenvalue weighted by atomic mass is 35.5. The van der Waals surface area contributed by atoms with Gasteiger partial charge in [0.1, 0.15) is 18.7 Å². The van der Waals surface area contributed by atoms with Crippen LogP contribution in [-0.4, -0.2) is 51.6 Å². The molecule has 0 radical (unpaired) electrons. The van der Waals surface area contributed by atoms with Crippen LogP contribution in [0.15, 0.2) is 30.6 Å². The number of hydrogen-bond acceptors (Lipinski definition) is 5. The topological polar surface area (TPSA) is 63.1 Å². The van der Waals surface area contributed by atoms with Gasteiger partial charge >= 0.3 is 0 Å². The van der Waals surface area contributed by atoms with Gasteiger partial charge in [0.05, 0.1) is 5.69 Å². The fourth-order valence-electron chi connectivity index (χ4n) is 2.68. The van der Waals surface area contributed by atoms with Gasteiger partial charge in [0, 0.05) is 30.7 Å². The van der Waals surface area contributed by atoms with E-state index >= 15 is 0 Å². The fourth-order valence-corrected chi connectivity index (χ4v) is 2.86. The van der Waals surface area contributed by atoms with E-state index < -0.39 is 6.04 Å². The van der Waals surface area contributed by atoms with Gasteiger partial charge < -0.3 is 10.1 Å². The quantitative estimate of drug-likeness (QED) is 0.864. The molecule has 2 heterocycles. The summed E-state index contributed by atoms with van der Waals surface area (Å²) < 4.78 is 1.64. The molecule has 3 rings (SSSR count). The average Bonchev–Trinajstić information content (AvgIpc) is 2.98. The molecule has 1 N–H and O–H groups in total. The Kier molecular flexibility index (Phi) is 4.52. The van der Waals surface area contributed by atoms with Crippen LogP contribution in [0.25, 0.3) is 5.69 Å². The van der Waals surface area contributed by atoms with Crippen LogP contribution in [0.5, 0.6) is 0 Å². The molecule has 2 aromatic rings. The minimum Gasteiger partial charge on any atom is -0.312 e. The number of nitrogens with zero attached hydrogens (tertiary/aromatic N) is 4. The number of nitrogens with one attached hydrogen (secondary N) is 1. The zero-order chi connectivity index (χ0) is 15.5. The number of halogens is 1. The van der Waals surface area contributed by atoms with Crippen molar-refractivity contribution in [3.8, 4) is 5.69 Å². The second-order valence-corrected chi connectivity index (χ2v) is 5.89. The summed E-state index contributed by atoms with van der Waals surface area (Å²) in [5.74, 6) is 0.518. The predicted octanol–water partition coefficient (Wildman–Crippen LogP) is 1.45. The summed E-state index contributed by atoms with van der Waals surface area (Å²) in [5, 5.41) is 8.44. The van der Waals surface area contributed by atoms with Gasteiger partial charge in [0.2, 0.25) is 0 Å². The lowest BCUT2D eigenvalue weighted by atomic mass is 10.1. The van der Waals surface area contributed by atoms with Gasteiger partial charge in [-0.05, 0) is 25.1 Å². The second kappa shape index (κ2) is 6.56. The SMILES string of the molecule is CC1CN(C(C=O)c2ncn(-c3cccc(Cl)c3)n2)CCN1. The summed E-state index contributed by atoms with van der Waals surface area (Å²) in [4.78, 5) is 18.0. The molecule has 0 bridgehead atoms. The average molecular weight is 320 g/mol. The maximum Gasteiger partial charge on any atom is 0.175 e. The van der Waals surface area contributed by atoms with Gasteiger partial charge in [-0.15, -0.1) is 5.10 Å². The first-order valence-corrected chi connectivity index (χ1v) is 7.65. The number of aldehydes is 1. The van der Waals surface area contributed by atoms with Gasteiger partial charge in [-0.3, -0.25) is 4.90 Å². The van der Waals surface area contributed by atoms with Crippen molar-refractivity contribution in [2.24, 2.45) is 0 Å². The Bertz CT molecular complexity index is 659. The highest BCUT2D eigenvalue weighted by molar-refractivity contribution is 6.30. The van der Waals surface area contributed by atoms with E-state index in [1.807, 2.05) is 18.2 Å². The molecule has 0 aliphatic carbocycles. The number of carbonyl (C=O) groups excluding carboxylic acids is 1. The Morgan fingerprint density at radius 2 is 2.36 bits per heavy atom. The molecule has 116 valence electrons. The molecule has 1 fully saturated rings. The smallest absolute Gasteiger partial charge is 0.175 e. The standard InChI is InChI=1S/C15H18ClN5O/c1-11-8-20(6-5-17-11)14(9-22)15-18-10-21(19-15)13-4-2-3-12(16)7-13/h2-4,7,9-11,14,17H,5-6,8H2,1H3. The molecule has 1 aliphatic rings. The number of carbonyl (C=O) groups is 1. The van der Waals surface area contributed by atoms with Gasteiger partial charge in [-0.25, -0.2) is 9.67 Å². The van der Waals surface area contributed by atoms with Crippen LogP contribution < -0.4 is 5.32 Å². The maximum absolute atomic E-state index is 11.5. The highest BCUT2D eigenvalue weighted by Crippen LogP contribution is 2.19. The Balaban J connectivity index is 1.83. The van der Waals surface area contributed by atoms with Crippen LogP contribution in [0.4, 0.5) is 0 Å². The number of rotatable bonds is 4. The minimum atomic E-state index is -0.412. The first-order chi connectivity index (χ1) is 10.7. The highest BCUT2D eigenvalue weighted by Gasteiger charge is 2.27. The molecule has 0 spiro atoms. The molecule has 22 heavy (non-hydrogen) atoms. The van der Waals surface area contributed by atoms with Gasteiger partial charge in [-0.2, -0.15) is 0 Å².